The summed E-state index contributed by atoms with van der Waals surface area (Å²) in [5.74, 6) is -0.0929. The third-order valence-electron chi connectivity index (χ3n) is 3.58. The van der Waals surface area contributed by atoms with Crippen LogP contribution in [0.15, 0.2) is 28.7 Å². The van der Waals surface area contributed by atoms with E-state index in [0.29, 0.717) is 31.9 Å². The molecule has 1 aromatic carbocycles. The average Bonchev–Trinajstić information content (AvgIpc) is 2.90. The number of carbonyl (C=O) groups is 1. The Hall–Kier alpha value is -2.47. The molecule has 0 fully saturated rings. The van der Waals surface area contributed by atoms with Crippen molar-refractivity contribution in [1.29, 1.82) is 0 Å². The summed E-state index contributed by atoms with van der Waals surface area (Å²) in [5.41, 5.74) is 3.17. The lowest BCUT2D eigenvalue weighted by Crippen LogP contribution is -2.06. The molecule has 0 spiro atoms. The van der Waals surface area contributed by atoms with E-state index in [4.69, 9.17) is 14.3 Å². The number of hydrogen-bond donors (Lipinski definition) is 1. The van der Waals surface area contributed by atoms with Crippen molar-refractivity contribution in [2.24, 2.45) is 0 Å². The number of aryl methyl sites for hydroxylation is 1. The van der Waals surface area contributed by atoms with E-state index in [9.17, 15) is 4.79 Å². The van der Waals surface area contributed by atoms with Gasteiger partial charge in [-0.25, -0.2) is 9.97 Å². The van der Waals surface area contributed by atoms with Crippen molar-refractivity contribution in [2.45, 2.75) is 26.2 Å². The quantitative estimate of drug-likeness (QED) is 0.674. The third-order valence-corrected chi connectivity index (χ3v) is 3.58. The molecule has 0 saturated carbocycles. The second kappa shape index (κ2) is 6.75. The largest absolute Gasteiger partial charge is 0.481 e. The highest BCUT2D eigenvalue weighted by atomic mass is 16.5. The zero-order valence-electron chi connectivity index (χ0n) is 12.9. The fraction of sp³-hybridized carbons (Fsp3) is 0.353. The van der Waals surface area contributed by atoms with Gasteiger partial charge in [0, 0.05) is 24.8 Å². The number of hydrogen-bond acceptors (Lipinski definition) is 5. The Kier molecular flexibility index (Phi) is 4.52. The number of fused-ring (bicyclic) bond motifs is 3. The number of benzene rings is 1. The molecule has 0 aliphatic heterocycles. The first-order valence-corrected chi connectivity index (χ1v) is 7.59. The van der Waals surface area contributed by atoms with Crippen molar-refractivity contribution < 1.29 is 19.1 Å². The molecule has 0 amide bonds. The van der Waals surface area contributed by atoms with E-state index in [-0.39, 0.29) is 6.42 Å². The number of aliphatic carboxylic acids is 1. The second-order valence-corrected chi connectivity index (χ2v) is 5.36. The minimum Gasteiger partial charge on any atom is -0.481 e. The van der Waals surface area contributed by atoms with Gasteiger partial charge in [-0.2, -0.15) is 0 Å². The smallest absolute Gasteiger partial charge is 0.303 e. The van der Waals surface area contributed by atoms with Gasteiger partial charge in [-0.3, -0.25) is 4.79 Å². The Morgan fingerprint density at radius 2 is 2.09 bits per heavy atom. The maximum atomic E-state index is 10.4. The number of carboxylic acid groups (broad SMARTS) is 1. The lowest BCUT2D eigenvalue weighted by atomic mass is 10.2. The molecule has 6 heteroatoms. The van der Waals surface area contributed by atoms with Gasteiger partial charge in [0.15, 0.2) is 5.58 Å². The summed E-state index contributed by atoms with van der Waals surface area (Å²) in [6.07, 6.45) is 1.23. The molecular formula is C17H18N2O4. The Morgan fingerprint density at radius 1 is 1.26 bits per heavy atom. The molecule has 0 unspecified atom stereocenters. The van der Waals surface area contributed by atoms with Crippen LogP contribution in [0.25, 0.3) is 22.1 Å². The molecule has 0 atom stereocenters. The van der Waals surface area contributed by atoms with Crippen LogP contribution < -0.4 is 0 Å². The first-order valence-electron chi connectivity index (χ1n) is 7.59. The lowest BCUT2D eigenvalue weighted by molar-refractivity contribution is -0.137. The number of aromatic nitrogens is 2. The van der Waals surface area contributed by atoms with Gasteiger partial charge in [-0.15, -0.1) is 0 Å². The van der Waals surface area contributed by atoms with E-state index < -0.39 is 5.97 Å². The highest BCUT2D eigenvalue weighted by molar-refractivity contribution is 6.02. The van der Waals surface area contributed by atoms with Gasteiger partial charge in [-0.05, 0) is 25.5 Å². The van der Waals surface area contributed by atoms with E-state index >= 15 is 0 Å². The standard InChI is InChI=1S/C17H18N2O4/c1-11-17-16(12-5-2-3-6-13(12)23-17)19-14(18-11)8-10-22-9-4-7-15(20)21/h2-3,5-6H,4,7-10H2,1H3,(H,20,21). The van der Waals surface area contributed by atoms with Gasteiger partial charge in [-0.1, -0.05) is 12.1 Å². The summed E-state index contributed by atoms with van der Waals surface area (Å²) in [6, 6.07) is 7.79. The molecule has 1 N–H and O–H groups in total. The summed E-state index contributed by atoms with van der Waals surface area (Å²) < 4.78 is 11.2. The molecule has 0 saturated heterocycles. The molecule has 2 aromatic heterocycles. The van der Waals surface area contributed by atoms with E-state index in [0.717, 1.165) is 27.8 Å². The molecule has 2 heterocycles. The van der Waals surface area contributed by atoms with E-state index in [1.54, 1.807) is 0 Å². The molecule has 0 radical (unpaired) electrons. The van der Waals surface area contributed by atoms with Crippen LogP contribution in [0.5, 0.6) is 0 Å². The Labute approximate surface area is 133 Å². The maximum Gasteiger partial charge on any atom is 0.303 e. The number of ether oxygens (including phenoxy) is 1. The minimum atomic E-state index is -0.801. The lowest BCUT2D eigenvalue weighted by Gasteiger charge is -2.04. The number of furan rings is 1. The zero-order valence-corrected chi connectivity index (χ0v) is 12.9. The highest BCUT2D eigenvalue weighted by Gasteiger charge is 2.12. The first kappa shape index (κ1) is 15.4. The monoisotopic (exact) mass is 314 g/mol. The second-order valence-electron chi connectivity index (χ2n) is 5.36. The van der Waals surface area contributed by atoms with Crippen LogP contribution in [0.3, 0.4) is 0 Å². The van der Waals surface area contributed by atoms with Crippen molar-refractivity contribution in [3.8, 4) is 0 Å². The van der Waals surface area contributed by atoms with Crippen LogP contribution in [0.1, 0.15) is 24.4 Å². The minimum absolute atomic E-state index is 0.128. The molecule has 23 heavy (non-hydrogen) atoms. The van der Waals surface area contributed by atoms with Gasteiger partial charge in [0.2, 0.25) is 0 Å². The Morgan fingerprint density at radius 3 is 2.91 bits per heavy atom. The molecule has 6 nitrogen and oxygen atoms in total. The van der Waals surface area contributed by atoms with Crippen LogP contribution in [-0.4, -0.2) is 34.3 Å². The van der Waals surface area contributed by atoms with Crippen molar-refractivity contribution in [3.63, 3.8) is 0 Å². The number of carboxylic acids is 1. The molecule has 0 aliphatic rings. The van der Waals surface area contributed by atoms with E-state index in [2.05, 4.69) is 9.97 Å². The maximum absolute atomic E-state index is 10.4. The van der Waals surface area contributed by atoms with Gasteiger partial charge in [0.1, 0.15) is 16.9 Å². The number of para-hydroxylation sites is 1. The van der Waals surface area contributed by atoms with Gasteiger partial charge in [0.05, 0.1) is 12.3 Å². The molecule has 0 bridgehead atoms. The zero-order chi connectivity index (χ0) is 16.2. The SMILES string of the molecule is Cc1nc(CCOCCCC(=O)O)nc2c1oc1ccccc12. The predicted molar refractivity (Wildman–Crippen MR) is 85.4 cm³/mol. The molecule has 120 valence electrons. The van der Waals surface area contributed by atoms with E-state index in [1.807, 2.05) is 31.2 Å². The summed E-state index contributed by atoms with van der Waals surface area (Å²) in [6.45, 7) is 2.81. The van der Waals surface area contributed by atoms with E-state index in [1.165, 1.54) is 0 Å². The van der Waals surface area contributed by atoms with Gasteiger partial charge >= 0.3 is 5.97 Å². The summed E-state index contributed by atoms with van der Waals surface area (Å²) in [7, 11) is 0. The topological polar surface area (TPSA) is 85.5 Å². The third kappa shape index (κ3) is 3.48. The van der Waals surface area contributed by atoms with Crippen molar-refractivity contribution >= 4 is 28.0 Å². The fourth-order valence-corrected chi connectivity index (χ4v) is 2.49. The van der Waals surface area contributed by atoms with Crippen molar-refractivity contribution in [1.82, 2.24) is 9.97 Å². The molecular weight excluding hydrogens is 296 g/mol. The van der Waals surface area contributed by atoms with Crippen LogP contribution in [0.4, 0.5) is 0 Å². The fourth-order valence-electron chi connectivity index (χ4n) is 2.49. The van der Waals surface area contributed by atoms with Gasteiger partial charge in [0.25, 0.3) is 0 Å². The summed E-state index contributed by atoms with van der Waals surface area (Å²) in [5, 5.41) is 9.54. The number of rotatable bonds is 7. The molecule has 3 aromatic rings. The van der Waals surface area contributed by atoms with Crippen LogP contribution in [0, 0.1) is 6.92 Å². The highest BCUT2D eigenvalue weighted by Crippen LogP contribution is 2.28. The molecule has 3 rings (SSSR count). The van der Waals surface area contributed by atoms with Crippen molar-refractivity contribution in [3.05, 3.63) is 35.8 Å². The normalized spacial score (nSPS) is 11.3. The van der Waals surface area contributed by atoms with Crippen LogP contribution in [-0.2, 0) is 16.0 Å². The Bertz CT molecular complexity index is 841. The van der Waals surface area contributed by atoms with Crippen LogP contribution in [0.2, 0.25) is 0 Å². The van der Waals surface area contributed by atoms with Crippen molar-refractivity contribution in [2.75, 3.05) is 13.2 Å². The number of nitrogens with zero attached hydrogens (tertiary/aromatic N) is 2. The van der Waals surface area contributed by atoms with Crippen LogP contribution >= 0.6 is 0 Å². The summed E-state index contributed by atoms with van der Waals surface area (Å²) in [4.78, 5) is 19.5. The predicted octanol–water partition coefficient (Wildman–Crippen LogP) is 3.11. The molecule has 0 aliphatic carbocycles. The summed E-state index contributed by atoms with van der Waals surface area (Å²) >= 11 is 0. The first-order chi connectivity index (χ1) is 11.1. The van der Waals surface area contributed by atoms with Gasteiger partial charge < -0.3 is 14.3 Å². The average molecular weight is 314 g/mol. The Balaban J connectivity index is 1.69.